The number of nitrogens with zero attached hydrogens (tertiary/aromatic N) is 2. The Bertz CT molecular complexity index is 470. The average Bonchev–Trinajstić information content (AvgIpc) is 2.75. The second kappa shape index (κ2) is 5.72. The minimum Gasteiger partial charge on any atom is -0.475 e. The number of hydrogen-bond donors (Lipinski definition) is 1. The summed E-state index contributed by atoms with van der Waals surface area (Å²) in [6.07, 6.45) is -4.21. The molecular weight excluding hydrogens is 269 g/mol. The summed E-state index contributed by atoms with van der Waals surface area (Å²) in [7, 11) is 0. The van der Waals surface area contributed by atoms with Gasteiger partial charge >= 0.3 is 12.1 Å². The predicted molar refractivity (Wildman–Crippen MR) is 55.7 cm³/mol. The van der Waals surface area contributed by atoms with E-state index in [0.717, 1.165) is 6.07 Å². The molecule has 106 valence electrons. The summed E-state index contributed by atoms with van der Waals surface area (Å²) in [5.74, 6) is -3.08. The van der Waals surface area contributed by atoms with E-state index in [0.29, 0.717) is 11.3 Å². The van der Waals surface area contributed by atoms with Gasteiger partial charge in [-0.15, -0.1) is 0 Å². The molecule has 1 amide bonds. The number of aromatic nitrogens is 1. The van der Waals surface area contributed by atoms with Crippen LogP contribution in [0.5, 0.6) is 0 Å². The molecule has 0 aromatic carbocycles. The number of carboxylic acid groups (broad SMARTS) is 1. The van der Waals surface area contributed by atoms with Crippen LogP contribution in [0.4, 0.5) is 13.2 Å². The molecule has 0 aliphatic carbocycles. The second-order valence-electron chi connectivity index (χ2n) is 3.72. The Hall–Kier alpha value is -2.06. The summed E-state index contributed by atoms with van der Waals surface area (Å²) < 4.78 is 41.2. The molecule has 0 aliphatic rings. The number of hydrogen-bond acceptors (Lipinski definition) is 4. The average molecular weight is 280 g/mol. The van der Waals surface area contributed by atoms with Gasteiger partial charge in [0.25, 0.3) is 5.91 Å². The third-order valence-corrected chi connectivity index (χ3v) is 2.09. The summed E-state index contributed by atoms with van der Waals surface area (Å²) >= 11 is 0. The lowest BCUT2D eigenvalue weighted by molar-refractivity contribution is -0.140. The molecule has 0 atom stereocenters. The van der Waals surface area contributed by atoms with E-state index in [4.69, 9.17) is 5.11 Å². The van der Waals surface area contributed by atoms with Gasteiger partial charge in [0.1, 0.15) is 6.54 Å². The molecule has 1 heterocycles. The van der Waals surface area contributed by atoms with E-state index < -0.39 is 36.1 Å². The molecule has 1 aromatic rings. The maximum atomic E-state index is 12.3. The van der Waals surface area contributed by atoms with Crippen molar-refractivity contribution < 1.29 is 32.4 Å². The Balaban J connectivity index is 2.89. The number of rotatable bonds is 5. The van der Waals surface area contributed by atoms with Gasteiger partial charge in [0.05, 0.1) is 0 Å². The van der Waals surface area contributed by atoms with Crippen LogP contribution >= 0.6 is 0 Å². The maximum absolute atomic E-state index is 12.3. The lowest BCUT2D eigenvalue weighted by atomic mass is 10.3. The predicted octanol–water partition coefficient (Wildman–Crippen LogP) is 1.79. The third-order valence-electron chi connectivity index (χ3n) is 2.09. The van der Waals surface area contributed by atoms with Crippen molar-refractivity contribution in [2.75, 3.05) is 13.1 Å². The first-order valence-electron chi connectivity index (χ1n) is 5.30. The van der Waals surface area contributed by atoms with Crippen molar-refractivity contribution >= 4 is 11.9 Å². The molecule has 0 unspecified atom stereocenters. The zero-order valence-electron chi connectivity index (χ0n) is 9.90. The van der Waals surface area contributed by atoms with Crippen molar-refractivity contribution in [2.45, 2.75) is 19.5 Å². The van der Waals surface area contributed by atoms with Crippen molar-refractivity contribution in [1.82, 2.24) is 10.1 Å². The molecule has 6 nitrogen and oxygen atoms in total. The van der Waals surface area contributed by atoms with E-state index in [1.54, 1.807) is 6.92 Å². The molecule has 0 fully saturated rings. The van der Waals surface area contributed by atoms with E-state index >= 15 is 0 Å². The number of carbonyl (C=O) groups excluding carboxylic acids is 1. The first kappa shape index (κ1) is 15.0. The number of carbonyl (C=O) groups is 2. The van der Waals surface area contributed by atoms with E-state index in [1.807, 2.05) is 0 Å². The van der Waals surface area contributed by atoms with Crippen LogP contribution in [0, 0.1) is 0 Å². The van der Waals surface area contributed by atoms with Crippen molar-refractivity contribution in [3.63, 3.8) is 0 Å². The van der Waals surface area contributed by atoms with Gasteiger partial charge in [-0.2, -0.15) is 13.2 Å². The van der Waals surface area contributed by atoms with Gasteiger partial charge < -0.3 is 14.5 Å². The highest BCUT2D eigenvalue weighted by Crippen LogP contribution is 2.18. The highest BCUT2D eigenvalue weighted by molar-refractivity contribution is 5.94. The summed E-state index contributed by atoms with van der Waals surface area (Å²) in [5, 5.41) is 11.7. The zero-order valence-corrected chi connectivity index (χ0v) is 9.90. The second-order valence-corrected chi connectivity index (χ2v) is 3.72. The van der Waals surface area contributed by atoms with E-state index in [1.165, 1.54) is 0 Å². The standard InChI is InChI=1S/C10H11F3N2O4/c1-2-3-15(5-10(11,12)13)8(16)6-4-7(9(17)18)19-14-6/h4H,2-3,5H2,1H3,(H,17,18). The lowest BCUT2D eigenvalue weighted by Crippen LogP contribution is -2.39. The van der Waals surface area contributed by atoms with E-state index in [9.17, 15) is 22.8 Å². The molecule has 1 aromatic heterocycles. The number of alkyl halides is 3. The fraction of sp³-hybridized carbons (Fsp3) is 0.500. The van der Waals surface area contributed by atoms with E-state index in [-0.39, 0.29) is 6.54 Å². The molecule has 0 saturated heterocycles. The van der Waals surface area contributed by atoms with Gasteiger partial charge in [-0.05, 0) is 6.42 Å². The van der Waals surface area contributed by atoms with Crippen LogP contribution in [-0.2, 0) is 0 Å². The third kappa shape index (κ3) is 4.27. The fourth-order valence-electron chi connectivity index (χ4n) is 1.38. The Kier molecular flexibility index (Phi) is 4.52. The highest BCUT2D eigenvalue weighted by Gasteiger charge is 2.34. The van der Waals surface area contributed by atoms with Crippen LogP contribution in [0.2, 0.25) is 0 Å². The Morgan fingerprint density at radius 1 is 1.47 bits per heavy atom. The molecule has 0 radical (unpaired) electrons. The van der Waals surface area contributed by atoms with Gasteiger partial charge in [0, 0.05) is 12.6 Å². The first-order chi connectivity index (χ1) is 8.74. The van der Waals surface area contributed by atoms with Crippen molar-refractivity contribution in [3.8, 4) is 0 Å². The van der Waals surface area contributed by atoms with Crippen molar-refractivity contribution in [1.29, 1.82) is 0 Å². The molecule has 19 heavy (non-hydrogen) atoms. The fourth-order valence-corrected chi connectivity index (χ4v) is 1.38. The van der Waals surface area contributed by atoms with Gasteiger partial charge in [0.15, 0.2) is 5.69 Å². The largest absolute Gasteiger partial charge is 0.475 e. The van der Waals surface area contributed by atoms with Crippen LogP contribution in [0.25, 0.3) is 0 Å². The van der Waals surface area contributed by atoms with Crippen molar-refractivity contribution in [3.05, 3.63) is 17.5 Å². The Morgan fingerprint density at radius 3 is 2.53 bits per heavy atom. The van der Waals surface area contributed by atoms with Crippen LogP contribution in [-0.4, -0.2) is 46.3 Å². The number of carboxylic acids is 1. The smallest absolute Gasteiger partial charge is 0.406 e. The molecule has 0 aliphatic heterocycles. The van der Waals surface area contributed by atoms with E-state index in [2.05, 4.69) is 9.68 Å². The summed E-state index contributed by atoms with van der Waals surface area (Å²) in [4.78, 5) is 22.8. The summed E-state index contributed by atoms with van der Waals surface area (Å²) in [5.41, 5.74) is -0.463. The van der Waals surface area contributed by atoms with Crippen LogP contribution in [0.3, 0.4) is 0 Å². The number of aromatic carboxylic acids is 1. The number of amides is 1. The van der Waals surface area contributed by atoms with Crippen LogP contribution in [0.1, 0.15) is 34.4 Å². The first-order valence-corrected chi connectivity index (χ1v) is 5.30. The Morgan fingerprint density at radius 2 is 2.11 bits per heavy atom. The van der Waals surface area contributed by atoms with Crippen molar-refractivity contribution in [2.24, 2.45) is 0 Å². The molecule has 1 N–H and O–H groups in total. The molecule has 0 bridgehead atoms. The maximum Gasteiger partial charge on any atom is 0.406 e. The molecular formula is C10H11F3N2O4. The Labute approximate surface area is 105 Å². The summed E-state index contributed by atoms with van der Waals surface area (Å²) in [6, 6.07) is 0.795. The van der Waals surface area contributed by atoms with Crippen LogP contribution < -0.4 is 0 Å². The topological polar surface area (TPSA) is 83.6 Å². The summed E-state index contributed by atoms with van der Waals surface area (Å²) in [6.45, 7) is 0.0741. The van der Waals surface area contributed by atoms with Gasteiger partial charge in [-0.1, -0.05) is 12.1 Å². The lowest BCUT2D eigenvalue weighted by Gasteiger charge is -2.22. The highest BCUT2D eigenvalue weighted by atomic mass is 19.4. The SMILES string of the molecule is CCCN(CC(F)(F)F)C(=O)c1cc(C(=O)O)on1. The zero-order chi connectivity index (χ0) is 14.6. The van der Waals surface area contributed by atoms with Gasteiger partial charge in [-0.3, -0.25) is 4.79 Å². The van der Waals surface area contributed by atoms with Gasteiger partial charge in [-0.25, -0.2) is 4.79 Å². The molecule has 1 rings (SSSR count). The number of halogens is 3. The molecule has 0 saturated carbocycles. The monoisotopic (exact) mass is 280 g/mol. The van der Waals surface area contributed by atoms with Crippen LogP contribution in [0.15, 0.2) is 10.6 Å². The minimum atomic E-state index is -4.54. The minimum absolute atomic E-state index is 0.117. The molecule has 0 spiro atoms. The normalized spacial score (nSPS) is 11.4. The van der Waals surface area contributed by atoms with Gasteiger partial charge in [0.2, 0.25) is 5.76 Å². The molecule has 9 heteroatoms. The quantitative estimate of drug-likeness (QED) is 0.888.